The molecule has 2 heterocycles. The largest absolute Gasteiger partial charge is 0.446 e. The van der Waals surface area contributed by atoms with E-state index in [1.165, 1.54) is 56.7 Å². The number of benzene rings is 4. The number of thioether (sulfide) groups is 1. The molecular formula is C37H30N2O3S2. The average Bonchev–Trinajstić information content (AvgIpc) is 3.73. The van der Waals surface area contributed by atoms with Crippen LogP contribution in [0.3, 0.4) is 0 Å². The molecule has 44 heavy (non-hydrogen) atoms. The third kappa shape index (κ3) is 5.38. The van der Waals surface area contributed by atoms with Crippen LogP contribution in [0.2, 0.25) is 0 Å². The van der Waals surface area contributed by atoms with Gasteiger partial charge in [-0.2, -0.15) is 0 Å². The zero-order chi connectivity index (χ0) is 30.0. The summed E-state index contributed by atoms with van der Waals surface area (Å²) in [7, 11) is 0. The lowest BCUT2D eigenvalue weighted by Crippen LogP contribution is -2.30. The molecule has 1 aliphatic carbocycles. The standard InChI is InChI=1S/C37H30N2O3S2/c40-24-42-23-38-36(41)35(44-37(38)43)22-26-16-19-34-32(21-26)30-12-7-13-33(30)39(34)29-17-14-25(15-18-29)20-31(27-8-3-1-4-9-27)28-10-5-2-6-11-28/h1-6,8-11,14-22,24,30,33H,7,12-13,23H2/b35-22-. The molecule has 1 saturated heterocycles. The van der Waals surface area contributed by atoms with Gasteiger partial charge in [0.1, 0.15) is 0 Å². The Kier molecular flexibility index (Phi) is 7.90. The van der Waals surface area contributed by atoms with Gasteiger partial charge in [-0.05, 0) is 82.6 Å². The molecule has 3 aliphatic rings. The lowest BCUT2D eigenvalue weighted by atomic mass is 9.95. The fourth-order valence-corrected chi connectivity index (χ4v) is 7.87. The first-order valence-corrected chi connectivity index (χ1v) is 16.0. The molecule has 1 amide bonds. The highest BCUT2D eigenvalue weighted by molar-refractivity contribution is 8.26. The minimum absolute atomic E-state index is 0.164. The van der Waals surface area contributed by atoms with Crippen molar-refractivity contribution in [2.75, 3.05) is 11.6 Å². The smallest absolute Gasteiger partial charge is 0.294 e. The average molecular weight is 615 g/mol. The molecule has 0 N–H and O–H groups in total. The number of thiocarbonyl (C=S) groups is 1. The molecule has 7 rings (SSSR count). The third-order valence-electron chi connectivity index (χ3n) is 8.62. The molecule has 2 unspecified atom stereocenters. The van der Waals surface area contributed by atoms with E-state index in [9.17, 15) is 9.59 Å². The number of ether oxygens (including phenoxy) is 1. The van der Waals surface area contributed by atoms with E-state index in [1.54, 1.807) is 0 Å². The zero-order valence-electron chi connectivity index (χ0n) is 24.0. The van der Waals surface area contributed by atoms with Crippen molar-refractivity contribution in [2.24, 2.45) is 0 Å². The zero-order valence-corrected chi connectivity index (χ0v) is 25.6. The predicted octanol–water partition coefficient (Wildman–Crippen LogP) is 8.40. The summed E-state index contributed by atoms with van der Waals surface area (Å²) < 4.78 is 5.17. The van der Waals surface area contributed by atoms with Gasteiger partial charge in [-0.25, -0.2) is 0 Å². The van der Waals surface area contributed by atoms with Crippen LogP contribution in [-0.2, 0) is 14.3 Å². The Bertz CT molecular complexity index is 1740. The number of amides is 1. The van der Waals surface area contributed by atoms with Gasteiger partial charge in [0.25, 0.3) is 12.4 Å². The van der Waals surface area contributed by atoms with Gasteiger partial charge in [-0.15, -0.1) is 0 Å². The number of hydrogen-bond acceptors (Lipinski definition) is 6. The first kappa shape index (κ1) is 28.3. The lowest BCUT2D eigenvalue weighted by molar-refractivity contribution is -0.135. The predicted molar refractivity (Wildman–Crippen MR) is 182 cm³/mol. The van der Waals surface area contributed by atoms with Crippen LogP contribution in [0.15, 0.2) is 108 Å². The summed E-state index contributed by atoms with van der Waals surface area (Å²) in [5.74, 6) is 0.218. The second kappa shape index (κ2) is 12.3. The Morgan fingerprint density at radius 3 is 2.25 bits per heavy atom. The minimum atomic E-state index is -0.237. The Labute approximate surface area is 266 Å². The van der Waals surface area contributed by atoms with E-state index in [0.717, 1.165) is 24.0 Å². The highest BCUT2D eigenvalue weighted by Gasteiger charge is 2.42. The van der Waals surface area contributed by atoms with E-state index in [4.69, 9.17) is 17.0 Å². The molecule has 0 radical (unpaired) electrons. The quantitative estimate of drug-likeness (QED) is 0.0860. The summed E-state index contributed by atoms with van der Waals surface area (Å²) in [6, 6.07) is 36.9. The van der Waals surface area contributed by atoms with Gasteiger partial charge in [0, 0.05) is 23.3 Å². The normalized spacial score (nSPS) is 19.7. The molecule has 0 spiro atoms. The van der Waals surface area contributed by atoms with Crippen molar-refractivity contribution in [3.05, 3.63) is 136 Å². The Morgan fingerprint density at radius 1 is 0.886 bits per heavy atom. The van der Waals surface area contributed by atoms with Crippen LogP contribution < -0.4 is 4.90 Å². The minimum Gasteiger partial charge on any atom is -0.446 e. The molecule has 2 fully saturated rings. The summed E-state index contributed by atoms with van der Waals surface area (Å²) in [6.45, 7) is 0.159. The van der Waals surface area contributed by atoms with Gasteiger partial charge in [0.2, 0.25) is 0 Å². The van der Waals surface area contributed by atoms with Gasteiger partial charge in [0.15, 0.2) is 11.1 Å². The maximum atomic E-state index is 12.9. The maximum absolute atomic E-state index is 12.9. The van der Waals surface area contributed by atoms with Crippen LogP contribution >= 0.6 is 24.0 Å². The Balaban J connectivity index is 1.18. The molecule has 7 heteroatoms. The number of carbonyl (C=O) groups excluding carboxylic acids is 2. The molecule has 0 bridgehead atoms. The topological polar surface area (TPSA) is 49.9 Å². The van der Waals surface area contributed by atoms with E-state index in [1.807, 2.05) is 18.2 Å². The van der Waals surface area contributed by atoms with Crippen molar-refractivity contribution < 1.29 is 14.3 Å². The SMILES string of the molecule is O=COCN1C(=O)/C(=C/c2ccc3c(c2)C2CCCC2N3c2ccc(C=C(c3ccccc3)c3ccccc3)cc2)SC1=S. The molecule has 4 aromatic carbocycles. The molecular weight excluding hydrogens is 585 g/mol. The molecule has 5 nitrogen and oxygen atoms in total. The second-order valence-electron chi connectivity index (χ2n) is 11.2. The van der Waals surface area contributed by atoms with Crippen molar-refractivity contribution >= 4 is 69.8 Å². The van der Waals surface area contributed by atoms with E-state index in [-0.39, 0.29) is 12.6 Å². The first-order chi connectivity index (χ1) is 21.6. The van der Waals surface area contributed by atoms with Gasteiger partial charge < -0.3 is 9.64 Å². The van der Waals surface area contributed by atoms with Crippen LogP contribution in [0.1, 0.15) is 53.0 Å². The Morgan fingerprint density at radius 2 is 1.57 bits per heavy atom. The van der Waals surface area contributed by atoms with Gasteiger partial charge in [-0.3, -0.25) is 14.5 Å². The molecule has 2 aliphatic heterocycles. The molecule has 1 saturated carbocycles. The summed E-state index contributed by atoms with van der Waals surface area (Å²) in [5.41, 5.74) is 9.48. The number of carbonyl (C=O) groups is 2. The van der Waals surface area contributed by atoms with E-state index >= 15 is 0 Å². The summed E-state index contributed by atoms with van der Waals surface area (Å²) >= 11 is 6.57. The van der Waals surface area contributed by atoms with Crippen molar-refractivity contribution in [1.82, 2.24) is 4.90 Å². The summed E-state index contributed by atoms with van der Waals surface area (Å²) in [6.07, 6.45) is 7.66. The third-order valence-corrected chi connectivity index (χ3v) is 9.99. The van der Waals surface area contributed by atoms with Crippen LogP contribution in [0.4, 0.5) is 11.4 Å². The van der Waals surface area contributed by atoms with E-state index in [0.29, 0.717) is 27.7 Å². The highest BCUT2D eigenvalue weighted by atomic mass is 32.2. The Hall–Kier alpha value is -4.46. The molecule has 0 aromatic heterocycles. The molecule has 218 valence electrons. The number of nitrogens with zero attached hydrogens (tertiary/aromatic N) is 2. The van der Waals surface area contributed by atoms with Gasteiger partial charge in [0.05, 0.1) is 4.91 Å². The lowest BCUT2D eigenvalue weighted by Gasteiger charge is -2.27. The maximum Gasteiger partial charge on any atom is 0.294 e. The first-order valence-electron chi connectivity index (χ1n) is 14.8. The van der Waals surface area contributed by atoms with Crippen molar-refractivity contribution in [3.63, 3.8) is 0 Å². The van der Waals surface area contributed by atoms with E-state index < -0.39 is 0 Å². The fourth-order valence-electron chi connectivity index (χ4n) is 6.63. The van der Waals surface area contributed by atoms with Crippen LogP contribution in [0.5, 0.6) is 0 Å². The van der Waals surface area contributed by atoms with Crippen LogP contribution in [-0.4, -0.2) is 34.4 Å². The van der Waals surface area contributed by atoms with Crippen LogP contribution in [0.25, 0.3) is 17.7 Å². The van der Waals surface area contributed by atoms with Crippen molar-refractivity contribution in [2.45, 2.75) is 31.2 Å². The van der Waals surface area contributed by atoms with Gasteiger partial charge >= 0.3 is 0 Å². The highest BCUT2D eigenvalue weighted by Crippen LogP contribution is 2.52. The number of rotatable bonds is 8. The molecule has 4 aromatic rings. The second-order valence-corrected chi connectivity index (χ2v) is 12.9. The van der Waals surface area contributed by atoms with E-state index in [2.05, 4.69) is 102 Å². The number of hydrogen-bond donors (Lipinski definition) is 0. The monoisotopic (exact) mass is 614 g/mol. The van der Waals surface area contributed by atoms with Crippen molar-refractivity contribution in [1.29, 1.82) is 0 Å². The van der Waals surface area contributed by atoms with Crippen LogP contribution in [0, 0.1) is 0 Å². The fraction of sp³-hybridized carbons (Fsp3) is 0.162. The summed E-state index contributed by atoms with van der Waals surface area (Å²) in [4.78, 5) is 27.8. The van der Waals surface area contributed by atoms with Gasteiger partial charge in [-0.1, -0.05) is 109 Å². The number of fused-ring (bicyclic) bond motifs is 3. The number of anilines is 2. The summed E-state index contributed by atoms with van der Waals surface area (Å²) in [5, 5.41) is 0. The molecule has 2 atom stereocenters. The van der Waals surface area contributed by atoms with Crippen molar-refractivity contribution in [3.8, 4) is 0 Å².